The maximum Gasteiger partial charge on any atom is 0.416 e. The Morgan fingerprint density at radius 1 is 1.50 bits per heavy atom. The number of amides is 2. The van der Waals surface area contributed by atoms with Crippen LogP contribution >= 0.6 is 0 Å². The van der Waals surface area contributed by atoms with Gasteiger partial charge in [0.05, 0.1) is 25.2 Å². The topological polar surface area (TPSA) is 32.8 Å². The Morgan fingerprint density at radius 3 is 2.77 bits per heavy atom. The van der Waals surface area contributed by atoms with Crippen LogP contribution in [0.4, 0.5) is 18.0 Å². The Labute approximate surface area is 126 Å². The normalized spacial score (nSPS) is 15.0. The highest BCUT2D eigenvalue weighted by Gasteiger charge is 2.35. The maximum atomic E-state index is 12.6. The van der Waals surface area contributed by atoms with Gasteiger partial charge in [0, 0.05) is 7.05 Å². The molecule has 118 valence electrons. The fourth-order valence-corrected chi connectivity index (χ4v) is 2.05. The van der Waals surface area contributed by atoms with Crippen LogP contribution in [-0.4, -0.2) is 48.6 Å². The van der Waals surface area contributed by atoms with E-state index in [2.05, 4.69) is 5.92 Å². The lowest BCUT2D eigenvalue weighted by Crippen LogP contribution is -2.59. The monoisotopic (exact) mass is 312 g/mol. The summed E-state index contributed by atoms with van der Waals surface area (Å²) in [6.45, 7) is 0.850. The second-order valence-corrected chi connectivity index (χ2v) is 5.01. The number of hydrogen-bond donors (Lipinski definition) is 0. The fraction of sp³-hybridized carbons (Fsp3) is 0.400. The van der Waals surface area contributed by atoms with E-state index in [1.165, 1.54) is 21.9 Å². The van der Waals surface area contributed by atoms with Crippen molar-refractivity contribution in [3.8, 4) is 18.1 Å². The number of terminal acetylenes is 1. The van der Waals surface area contributed by atoms with Gasteiger partial charge in [-0.3, -0.25) is 0 Å². The molecule has 0 N–H and O–H groups in total. The average Bonchev–Trinajstić information content (AvgIpc) is 2.41. The van der Waals surface area contributed by atoms with E-state index in [1.807, 2.05) is 0 Å². The zero-order valence-electron chi connectivity index (χ0n) is 11.9. The van der Waals surface area contributed by atoms with Crippen molar-refractivity contribution in [3.63, 3.8) is 0 Å². The highest BCUT2D eigenvalue weighted by atomic mass is 19.4. The van der Waals surface area contributed by atoms with Crippen LogP contribution in [0.25, 0.3) is 0 Å². The van der Waals surface area contributed by atoms with Crippen molar-refractivity contribution in [1.82, 2.24) is 9.80 Å². The maximum absolute atomic E-state index is 12.6. The molecule has 7 heteroatoms. The van der Waals surface area contributed by atoms with Gasteiger partial charge in [0.1, 0.15) is 11.9 Å². The van der Waals surface area contributed by atoms with E-state index in [0.29, 0.717) is 13.1 Å². The molecule has 1 aliphatic heterocycles. The molecule has 0 aromatic heterocycles. The predicted molar refractivity (Wildman–Crippen MR) is 74.3 cm³/mol. The molecule has 0 saturated carbocycles. The lowest BCUT2D eigenvalue weighted by Gasteiger charge is -2.40. The van der Waals surface area contributed by atoms with Gasteiger partial charge in [-0.15, -0.1) is 6.42 Å². The number of carbonyl (C=O) groups is 1. The molecule has 0 unspecified atom stereocenters. The molecule has 2 rings (SSSR count). The van der Waals surface area contributed by atoms with Crippen LogP contribution in [-0.2, 0) is 6.18 Å². The summed E-state index contributed by atoms with van der Waals surface area (Å²) in [5.74, 6) is 2.51. The number of urea groups is 1. The third kappa shape index (κ3) is 3.64. The van der Waals surface area contributed by atoms with Crippen LogP contribution < -0.4 is 4.74 Å². The van der Waals surface area contributed by atoms with Gasteiger partial charge in [0.15, 0.2) is 0 Å². The third-order valence-electron chi connectivity index (χ3n) is 3.24. The molecule has 22 heavy (non-hydrogen) atoms. The molecule has 2 amide bonds. The molecule has 0 spiro atoms. The average molecular weight is 312 g/mol. The minimum Gasteiger partial charge on any atom is -0.487 e. The van der Waals surface area contributed by atoms with Gasteiger partial charge in [-0.2, -0.15) is 13.2 Å². The summed E-state index contributed by atoms with van der Waals surface area (Å²) in [6.07, 6.45) is 0.409. The Bertz CT molecular complexity index is 589. The predicted octanol–water partition coefficient (Wildman–Crippen LogP) is 2.45. The van der Waals surface area contributed by atoms with E-state index in [1.54, 1.807) is 7.05 Å². The van der Waals surface area contributed by atoms with Crippen molar-refractivity contribution in [3.05, 3.63) is 29.8 Å². The van der Waals surface area contributed by atoms with E-state index in [9.17, 15) is 18.0 Å². The van der Waals surface area contributed by atoms with Gasteiger partial charge < -0.3 is 14.5 Å². The third-order valence-corrected chi connectivity index (χ3v) is 3.24. The van der Waals surface area contributed by atoms with E-state index >= 15 is 0 Å². The summed E-state index contributed by atoms with van der Waals surface area (Å²) in [4.78, 5) is 14.8. The number of alkyl halides is 3. The Kier molecular flexibility index (Phi) is 4.50. The molecule has 1 fully saturated rings. The van der Waals surface area contributed by atoms with Crippen molar-refractivity contribution < 1.29 is 22.7 Å². The summed E-state index contributed by atoms with van der Waals surface area (Å²) in [7, 11) is 1.59. The van der Waals surface area contributed by atoms with Crippen molar-refractivity contribution in [2.45, 2.75) is 12.3 Å². The number of halogens is 3. The smallest absolute Gasteiger partial charge is 0.416 e. The fourth-order valence-electron chi connectivity index (χ4n) is 2.05. The number of likely N-dealkylation sites (tertiary alicyclic amines) is 1. The van der Waals surface area contributed by atoms with E-state index in [-0.39, 0.29) is 24.4 Å². The summed E-state index contributed by atoms with van der Waals surface area (Å²) in [5, 5.41) is 0. The van der Waals surface area contributed by atoms with Crippen molar-refractivity contribution in [2.24, 2.45) is 0 Å². The molecule has 1 aromatic rings. The Hall–Kier alpha value is -2.36. The number of benzene rings is 1. The minimum atomic E-state index is -4.40. The Balaban J connectivity index is 1.88. The van der Waals surface area contributed by atoms with Crippen molar-refractivity contribution >= 4 is 6.03 Å². The van der Waals surface area contributed by atoms with Crippen LogP contribution in [0.1, 0.15) is 5.56 Å². The van der Waals surface area contributed by atoms with E-state index in [0.717, 1.165) is 12.1 Å². The van der Waals surface area contributed by atoms with Crippen molar-refractivity contribution in [1.29, 1.82) is 0 Å². The van der Waals surface area contributed by atoms with Gasteiger partial charge >= 0.3 is 12.2 Å². The first-order valence-electron chi connectivity index (χ1n) is 6.58. The molecular weight excluding hydrogens is 297 g/mol. The molecule has 4 nitrogen and oxygen atoms in total. The number of carbonyl (C=O) groups excluding carboxylic acids is 1. The number of ether oxygens (including phenoxy) is 1. The molecule has 0 bridgehead atoms. The van der Waals surface area contributed by atoms with Gasteiger partial charge in [0.2, 0.25) is 0 Å². The molecule has 1 aromatic carbocycles. The van der Waals surface area contributed by atoms with Gasteiger partial charge in [-0.05, 0) is 18.2 Å². The van der Waals surface area contributed by atoms with Crippen LogP contribution in [0.5, 0.6) is 5.75 Å². The lowest BCUT2D eigenvalue weighted by molar-refractivity contribution is -0.137. The molecular formula is C15H15F3N2O2. The number of rotatable bonds is 3. The van der Waals surface area contributed by atoms with Gasteiger partial charge in [0.25, 0.3) is 0 Å². The standard InChI is InChI=1S/C15H15F3N2O2/c1-3-7-19(2)14(21)20-9-13(10-20)22-12-6-4-5-11(8-12)15(16,17)18/h1,4-6,8,13H,7,9-10H2,2H3. The van der Waals surface area contributed by atoms with Gasteiger partial charge in [-0.25, -0.2) is 4.79 Å². The first-order valence-corrected chi connectivity index (χ1v) is 6.58. The first-order chi connectivity index (χ1) is 10.3. The molecule has 1 aliphatic rings. The SMILES string of the molecule is C#CCN(C)C(=O)N1CC(Oc2cccc(C(F)(F)F)c2)C1. The molecule has 1 heterocycles. The largest absolute Gasteiger partial charge is 0.487 e. The van der Waals surface area contributed by atoms with E-state index in [4.69, 9.17) is 11.2 Å². The molecule has 0 atom stereocenters. The summed E-state index contributed by atoms with van der Waals surface area (Å²) in [6, 6.07) is 4.47. The summed E-state index contributed by atoms with van der Waals surface area (Å²) < 4.78 is 43.3. The van der Waals surface area contributed by atoms with Crippen molar-refractivity contribution in [2.75, 3.05) is 26.7 Å². The quantitative estimate of drug-likeness (QED) is 0.803. The van der Waals surface area contributed by atoms with Crippen LogP contribution in [0, 0.1) is 12.3 Å². The van der Waals surface area contributed by atoms with Crippen LogP contribution in [0.3, 0.4) is 0 Å². The molecule has 0 aliphatic carbocycles. The molecule has 1 saturated heterocycles. The lowest BCUT2D eigenvalue weighted by atomic mass is 10.1. The van der Waals surface area contributed by atoms with E-state index < -0.39 is 11.7 Å². The second kappa shape index (κ2) is 6.18. The zero-order valence-corrected chi connectivity index (χ0v) is 11.9. The first kappa shape index (κ1) is 16.0. The highest BCUT2D eigenvalue weighted by molar-refractivity contribution is 5.75. The Morgan fingerprint density at radius 2 is 2.18 bits per heavy atom. The summed E-state index contributed by atoms with van der Waals surface area (Å²) in [5.41, 5.74) is -0.758. The second-order valence-electron chi connectivity index (χ2n) is 5.01. The van der Waals surface area contributed by atoms with Gasteiger partial charge in [-0.1, -0.05) is 12.0 Å². The zero-order chi connectivity index (χ0) is 16.3. The van der Waals surface area contributed by atoms with Crippen LogP contribution in [0.15, 0.2) is 24.3 Å². The number of hydrogen-bond acceptors (Lipinski definition) is 2. The molecule has 0 radical (unpaired) electrons. The minimum absolute atomic E-state index is 0.143. The number of nitrogens with zero attached hydrogens (tertiary/aromatic N) is 2. The highest BCUT2D eigenvalue weighted by Crippen LogP contribution is 2.32. The summed E-state index contributed by atoms with van der Waals surface area (Å²) >= 11 is 0. The van der Waals surface area contributed by atoms with Crippen LogP contribution in [0.2, 0.25) is 0 Å².